The predicted molar refractivity (Wildman–Crippen MR) is 103 cm³/mol. The molecule has 4 rings (SSSR count). The van der Waals surface area contributed by atoms with Crippen LogP contribution < -0.4 is 5.32 Å². The molecule has 0 amide bonds. The van der Waals surface area contributed by atoms with E-state index in [0.717, 1.165) is 16.6 Å². The van der Waals surface area contributed by atoms with E-state index in [9.17, 15) is 4.79 Å². The van der Waals surface area contributed by atoms with Gasteiger partial charge in [-0.3, -0.25) is 9.78 Å². The minimum absolute atomic E-state index is 0.0360. The fourth-order valence-electron chi connectivity index (χ4n) is 2.81. The molecule has 4 aromatic rings. The Morgan fingerprint density at radius 3 is 2.85 bits per heavy atom. The van der Waals surface area contributed by atoms with Crippen LogP contribution >= 0.6 is 11.3 Å². The van der Waals surface area contributed by atoms with Crippen LogP contribution in [0.25, 0.3) is 11.0 Å². The van der Waals surface area contributed by atoms with E-state index < -0.39 is 0 Å². The first-order chi connectivity index (χ1) is 12.6. The molecule has 4 aromatic heterocycles. The van der Waals surface area contributed by atoms with Gasteiger partial charge in [0, 0.05) is 31.0 Å². The number of thiophene rings is 1. The van der Waals surface area contributed by atoms with Crippen molar-refractivity contribution in [3.05, 3.63) is 70.4 Å². The third-order valence-electron chi connectivity index (χ3n) is 4.21. The highest BCUT2D eigenvalue weighted by Gasteiger charge is 2.20. The highest BCUT2D eigenvalue weighted by Crippen LogP contribution is 2.24. The van der Waals surface area contributed by atoms with Crippen LogP contribution in [-0.4, -0.2) is 25.3 Å². The monoisotopic (exact) mass is 363 g/mol. The molecule has 1 unspecified atom stereocenters. The van der Waals surface area contributed by atoms with Gasteiger partial charge >= 0.3 is 0 Å². The molecule has 0 aliphatic heterocycles. The summed E-state index contributed by atoms with van der Waals surface area (Å²) in [7, 11) is 1.91. The Kier molecular flexibility index (Phi) is 4.22. The van der Waals surface area contributed by atoms with Gasteiger partial charge in [0.25, 0.3) is 0 Å². The Morgan fingerprint density at radius 2 is 2.12 bits per heavy atom. The maximum Gasteiger partial charge on any atom is 0.225 e. The third kappa shape index (κ3) is 2.97. The van der Waals surface area contributed by atoms with Crippen molar-refractivity contribution in [2.24, 2.45) is 7.05 Å². The molecule has 4 heterocycles. The van der Waals surface area contributed by atoms with Gasteiger partial charge in [-0.1, -0.05) is 12.1 Å². The average molecular weight is 363 g/mol. The molecule has 0 spiro atoms. The molecule has 0 aliphatic rings. The van der Waals surface area contributed by atoms with E-state index in [-0.39, 0.29) is 11.8 Å². The SMILES string of the molecule is CC(Nc1nc(C(=O)c2cccs2)c2ccn(C)c2n1)c1cccnc1. The molecule has 1 atom stereocenters. The lowest BCUT2D eigenvalue weighted by atomic mass is 10.1. The van der Waals surface area contributed by atoms with E-state index in [0.29, 0.717) is 16.5 Å². The zero-order chi connectivity index (χ0) is 18.1. The summed E-state index contributed by atoms with van der Waals surface area (Å²) in [6.07, 6.45) is 5.43. The molecular weight excluding hydrogens is 346 g/mol. The summed E-state index contributed by atoms with van der Waals surface area (Å²) < 4.78 is 1.89. The number of nitrogens with zero attached hydrogens (tertiary/aromatic N) is 4. The first-order valence-corrected chi connectivity index (χ1v) is 9.09. The lowest BCUT2D eigenvalue weighted by molar-refractivity contribution is 0.103. The van der Waals surface area contributed by atoms with Gasteiger partial charge in [0.2, 0.25) is 11.7 Å². The summed E-state index contributed by atoms with van der Waals surface area (Å²) >= 11 is 1.41. The molecule has 0 fully saturated rings. The van der Waals surface area contributed by atoms with Crippen LogP contribution in [0, 0.1) is 0 Å². The molecule has 0 aromatic carbocycles. The highest BCUT2D eigenvalue weighted by molar-refractivity contribution is 7.12. The van der Waals surface area contributed by atoms with Gasteiger partial charge in [0.1, 0.15) is 11.3 Å². The van der Waals surface area contributed by atoms with E-state index in [2.05, 4.69) is 20.3 Å². The van der Waals surface area contributed by atoms with Crippen molar-refractivity contribution in [1.29, 1.82) is 0 Å². The molecular formula is C19H17N5OS. The van der Waals surface area contributed by atoms with Gasteiger partial charge in [-0.15, -0.1) is 11.3 Å². The second kappa shape index (κ2) is 6.68. The number of pyridine rings is 1. The molecule has 0 aliphatic carbocycles. The topological polar surface area (TPSA) is 72.7 Å². The van der Waals surface area contributed by atoms with Gasteiger partial charge in [0.05, 0.1) is 10.9 Å². The Balaban J connectivity index is 1.76. The van der Waals surface area contributed by atoms with Crippen molar-refractivity contribution in [1.82, 2.24) is 19.5 Å². The summed E-state index contributed by atoms with van der Waals surface area (Å²) in [6, 6.07) is 9.40. The lowest BCUT2D eigenvalue weighted by Crippen LogP contribution is -2.13. The molecule has 130 valence electrons. The Bertz CT molecular complexity index is 1060. The van der Waals surface area contributed by atoms with Crippen LogP contribution in [0.2, 0.25) is 0 Å². The fourth-order valence-corrected chi connectivity index (χ4v) is 3.47. The van der Waals surface area contributed by atoms with E-state index in [1.807, 2.05) is 60.4 Å². The third-order valence-corrected chi connectivity index (χ3v) is 5.08. The number of aromatic nitrogens is 4. The Morgan fingerprint density at radius 1 is 1.23 bits per heavy atom. The first kappa shape index (κ1) is 16.4. The van der Waals surface area contributed by atoms with Crippen molar-refractivity contribution >= 4 is 34.1 Å². The number of rotatable bonds is 5. The molecule has 0 saturated carbocycles. The number of hydrogen-bond acceptors (Lipinski definition) is 6. The number of aryl methyl sites for hydroxylation is 1. The predicted octanol–water partition coefficient (Wildman–Crippen LogP) is 3.83. The Labute approximate surface area is 154 Å². The van der Waals surface area contributed by atoms with Crippen molar-refractivity contribution in [3.8, 4) is 0 Å². The number of fused-ring (bicyclic) bond motifs is 1. The van der Waals surface area contributed by atoms with Crippen LogP contribution in [-0.2, 0) is 7.05 Å². The van der Waals surface area contributed by atoms with Gasteiger partial charge in [-0.2, -0.15) is 4.98 Å². The number of carbonyl (C=O) groups is 1. The summed E-state index contributed by atoms with van der Waals surface area (Å²) in [6.45, 7) is 2.01. The highest BCUT2D eigenvalue weighted by atomic mass is 32.1. The van der Waals surface area contributed by atoms with E-state index in [1.165, 1.54) is 11.3 Å². The van der Waals surface area contributed by atoms with E-state index in [4.69, 9.17) is 0 Å². The molecule has 6 nitrogen and oxygen atoms in total. The summed E-state index contributed by atoms with van der Waals surface area (Å²) in [5.41, 5.74) is 2.16. The maximum absolute atomic E-state index is 12.9. The lowest BCUT2D eigenvalue weighted by Gasteiger charge is -2.14. The summed E-state index contributed by atoms with van der Waals surface area (Å²) in [5.74, 6) is 0.339. The maximum atomic E-state index is 12.9. The van der Waals surface area contributed by atoms with Crippen LogP contribution in [0.3, 0.4) is 0 Å². The molecule has 7 heteroatoms. The average Bonchev–Trinajstić information content (AvgIpc) is 3.32. The zero-order valence-corrected chi connectivity index (χ0v) is 15.2. The molecule has 0 saturated heterocycles. The zero-order valence-electron chi connectivity index (χ0n) is 14.4. The standard InChI is InChI=1S/C19H17N5OS/c1-12(13-5-3-8-20-11-13)21-19-22-16(17(25)15-6-4-10-26-15)14-7-9-24(2)18(14)23-19/h3-12H,1-2H3,(H,21,22,23). The molecule has 1 N–H and O–H groups in total. The Hall–Kier alpha value is -3.06. The number of ketones is 1. The van der Waals surface area contributed by atoms with Gasteiger partial charge in [0.15, 0.2) is 0 Å². The van der Waals surface area contributed by atoms with Crippen LogP contribution in [0.1, 0.15) is 33.9 Å². The van der Waals surface area contributed by atoms with E-state index >= 15 is 0 Å². The second-order valence-corrected chi connectivity index (χ2v) is 6.97. The minimum Gasteiger partial charge on any atom is -0.348 e. The second-order valence-electron chi connectivity index (χ2n) is 6.02. The van der Waals surface area contributed by atoms with E-state index in [1.54, 1.807) is 12.4 Å². The smallest absolute Gasteiger partial charge is 0.225 e. The molecule has 0 bridgehead atoms. The van der Waals surface area contributed by atoms with Crippen molar-refractivity contribution in [2.75, 3.05) is 5.32 Å². The van der Waals surface area contributed by atoms with Gasteiger partial charge in [-0.25, -0.2) is 4.98 Å². The van der Waals surface area contributed by atoms with Crippen molar-refractivity contribution < 1.29 is 4.79 Å². The molecule has 0 radical (unpaired) electrons. The van der Waals surface area contributed by atoms with Crippen molar-refractivity contribution in [2.45, 2.75) is 13.0 Å². The van der Waals surface area contributed by atoms with Crippen molar-refractivity contribution in [3.63, 3.8) is 0 Å². The summed E-state index contributed by atoms with van der Waals surface area (Å²) in [5, 5.41) is 5.93. The number of anilines is 1. The summed E-state index contributed by atoms with van der Waals surface area (Å²) in [4.78, 5) is 26.9. The first-order valence-electron chi connectivity index (χ1n) is 8.21. The number of carbonyl (C=O) groups excluding carboxylic acids is 1. The number of nitrogens with one attached hydrogen (secondary N) is 1. The number of hydrogen-bond donors (Lipinski definition) is 1. The van der Waals surface area contributed by atoms with Crippen LogP contribution in [0.15, 0.2) is 54.3 Å². The van der Waals surface area contributed by atoms with Gasteiger partial charge < -0.3 is 9.88 Å². The van der Waals surface area contributed by atoms with Gasteiger partial charge in [-0.05, 0) is 36.1 Å². The van der Waals surface area contributed by atoms with Crippen LogP contribution in [0.5, 0.6) is 0 Å². The quantitative estimate of drug-likeness (QED) is 0.546. The minimum atomic E-state index is -0.0873. The molecule has 26 heavy (non-hydrogen) atoms. The largest absolute Gasteiger partial charge is 0.348 e. The fraction of sp³-hybridized carbons (Fsp3) is 0.158. The van der Waals surface area contributed by atoms with Crippen LogP contribution in [0.4, 0.5) is 5.95 Å². The normalized spacial score (nSPS) is 12.2.